The second-order valence-electron chi connectivity index (χ2n) is 3.26. The first-order valence-corrected chi connectivity index (χ1v) is 5.72. The molecule has 0 spiro atoms. The van der Waals surface area contributed by atoms with Crippen molar-refractivity contribution in [1.29, 1.82) is 0 Å². The van der Waals surface area contributed by atoms with Crippen molar-refractivity contribution in [3.8, 4) is 18.1 Å². The third-order valence-corrected chi connectivity index (χ3v) is 2.75. The van der Waals surface area contributed by atoms with Crippen LogP contribution in [0.3, 0.4) is 0 Å². The summed E-state index contributed by atoms with van der Waals surface area (Å²) >= 11 is 3.43. The summed E-state index contributed by atoms with van der Waals surface area (Å²) in [4.78, 5) is 0. The molecule has 0 saturated heterocycles. The lowest BCUT2D eigenvalue weighted by Gasteiger charge is -2.19. The number of hydrogen-bond acceptors (Lipinski definition) is 3. The van der Waals surface area contributed by atoms with E-state index in [1.807, 2.05) is 18.2 Å². The van der Waals surface area contributed by atoms with Gasteiger partial charge in [-0.05, 0) is 18.2 Å². The molecule has 1 rings (SSSR count). The lowest BCUT2D eigenvalue weighted by atomic mass is 10.1. The molecule has 0 heterocycles. The van der Waals surface area contributed by atoms with Gasteiger partial charge in [-0.3, -0.25) is 5.32 Å². The molecule has 1 unspecified atom stereocenters. The second-order valence-corrected chi connectivity index (χ2v) is 4.18. The molecule has 0 saturated carbocycles. The maximum absolute atomic E-state index is 5.72. The predicted octanol–water partition coefficient (Wildman–Crippen LogP) is 1.68. The molecule has 86 valence electrons. The summed E-state index contributed by atoms with van der Waals surface area (Å²) in [5.41, 5.74) is 6.73. The average Bonchev–Trinajstić information content (AvgIpc) is 2.30. The first kappa shape index (κ1) is 13.0. The van der Waals surface area contributed by atoms with Crippen LogP contribution in [-0.4, -0.2) is 20.2 Å². The van der Waals surface area contributed by atoms with Gasteiger partial charge in [0.1, 0.15) is 5.75 Å². The summed E-state index contributed by atoms with van der Waals surface area (Å²) in [5, 5.41) is 3.18. The molecule has 16 heavy (non-hydrogen) atoms. The standard InChI is InChI=1S/C12H15BrN2O/c1-3-6-15-11(8-14)10-7-9(13)4-5-12(10)16-2/h1,4-5,7,11,15H,6,8,14H2,2H3. The molecule has 0 aromatic heterocycles. The van der Waals surface area contributed by atoms with Crippen LogP contribution in [0.5, 0.6) is 5.75 Å². The second kappa shape index (κ2) is 6.54. The molecule has 3 nitrogen and oxygen atoms in total. The zero-order chi connectivity index (χ0) is 12.0. The molecular formula is C12H15BrN2O. The number of hydrogen-bond donors (Lipinski definition) is 2. The summed E-state index contributed by atoms with van der Waals surface area (Å²) in [6.45, 7) is 0.950. The van der Waals surface area contributed by atoms with Crippen LogP contribution >= 0.6 is 15.9 Å². The van der Waals surface area contributed by atoms with Crippen molar-refractivity contribution in [2.24, 2.45) is 5.73 Å². The van der Waals surface area contributed by atoms with Gasteiger partial charge in [0, 0.05) is 22.6 Å². The Morgan fingerprint density at radius 2 is 2.38 bits per heavy atom. The van der Waals surface area contributed by atoms with E-state index in [9.17, 15) is 0 Å². The fourth-order valence-corrected chi connectivity index (χ4v) is 1.86. The van der Waals surface area contributed by atoms with E-state index in [1.165, 1.54) is 0 Å². The molecular weight excluding hydrogens is 268 g/mol. The van der Waals surface area contributed by atoms with E-state index in [0.29, 0.717) is 13.1 Å². The van der Waals surface area contributed by atoms with Gasteiger partial charge in [-0.25, -0.2) is 0 Å². The fraction of sp³-hybridized carbons (Fsp3) is 0.333. The maximum Gasteiger partial charge on any atom is 0.123 e. The molecule has 1 atom stereocenters. The van der Waals surface area contributed by atoms with Crippen LogP contribution in [0.4, 0.5) is 0 Å². The van der Waals surface area contributed by atoms with Crippen molar-refractivity contribution in [1.82, 2.24) is 5.32 Å². The SMILES string of the molecule is C#CCNC(CN)c1cc(Br)ccc1OC. The number of terminal acetylenes is 1. The Labute approximate surface area is 104 Å². The lowest BCUT2D eigenvalue weighted by Crippen LogP contribution is -2.28. The third-order valence-electron chi connectivity index (χ3n) is 2.25. The Balaban J connectivity index is 2.98. The lowest BCUT2D eigenvalue weighted by molar-refractivity contribution is 0.401. The van der Waals surface area contributed by atoms with Crippen LogP contribution in [0, 0.1) is 12.3 Å². The van der Waals surface area contributed by atoms with Gasteiger partial charge in [-0.1, -0.05) is 21.9 Å². The van der Waals surface area contributed by atoms with Gasteiger partial charge < -0.3 is 10.5 Å². The summed E-state index contributed by atoms with van der Waals surface area (Å²) in [5.74, 6) is 3.34. The monoisotopic (exact) mass is 282 g/mol. The summed E-state index contributed by atoms with van der Waals surface area (Å²) in [6.07, 6.45) is 5.22. The predicted molar refractivity (Wildman–Crippen MR) is 69.3 cm³/mol. The van der Waals surface area contributed by atoms with Crippen molar-refractivity contribution in [3.05, 3.63) is 28.2 Å². The molecule has 0 radical (unpaired) electrons. The maximum atomic E-state index is 5.72. The highest BCUT2D eigenvalue weighted by atomic mass is 79.9. The van der Waals surface area contributed by atoms with Gasteiger partial charge in [0.15, 0.2) is 0 Å². The number of ether oxygens (including phenoxy) is 1. The molecule has 0 amide bonds. The van der Waals surface area contributed by atoms with Crippen LogP contribution in [0.25, 0.3) is 0 Å². The largest absolute Gasteiger partial charge is 0.496 e. The number of nitrogens with one attached hydrogen (secondary N) is 1. The van der Waals surface area contributed by atoms with Gasteiger partial charge >= 0.3 is 0 Å². The van der Waals surface area contributed by atoms with Crippen LogP contribution in [0.15, 0.2) is 22.7 Å². The van der Waals surface area contributed by atoms with Crippen LogP contribution in [-0.2, 0) is 0 Å². The first-order chi connectivity index (χ1) is 7.72. The van der Waals surface area contributed by atoms with E-state index >= 15 is 0 Å². The minimum Gasteiger partial charge on any atom is -0.496 e. The van der Waals surface area contributed by atoms with Crippen molar-refractivity contribution in [3.63, 3.8) is 0 Å². The average molecular weight is 283 g/mol. The molecule has 0 bridgehead atoms. The smallest absolute Gasteiger partial charge is 0.123 e. The Morgan fingerprint density at radius 1 is 1.62 bits per heavy atom. The highest BCUT2D eigenvalue weighted by molar-refractivity contribution is 9.10. The summed E-state index contributed by atoms with van der Waals surface area (Å²) in [7, 11) is 1.64. The van der Waals surface area contributed by atoms with Crippen molar-refractivity contribution in [2.45, 2.75) is 6.04 Å². The van der Waals surface area contributed by atoms with Gasteiger partial charge in [-0.2, -0.15) is 0 Å². The summed E-state index contributed by atoms with van der Waals surface area (Å²) < 4.78 is 6.29. The molecule has 3 N–H and O–H groups in total. The molecule has 0 aliphatic carbocycles. The Hall–Kier alpha value is -1.02. The number of halogens is 1. The fourth-order valence-electron chi connectivity index (χ4n) is 1.48. The van der Waals surface area contributed by atoms with E-state index in [0.717, 1.165) is 15.8 Å². The molecule has 4 heteroatoms. The Kier molecular flexibility index (Phi) is 5.33. The van der Waals surface area contributed by atoms with Crippen LogP contribution in [0.2, 0.25) is 0 Å². The number of benzene rings is 1. The Bertz CT molecular complexity index is 387. The van der Waals surface area contributed by atoms with Gasteiger partial charge in [0.05, 0.1) is 13.7 Å². The highest BCUT2D eigenvalue weighted by Gasteiger charge is 2.14. The normalized spacial score (nSPS) is 11.9. The third kappa shape index (κ3) is 3.24. The van der Waals surface area contributed by atoms with E-state index in [-0.39, 0.29) is 6.04 Å². The molecule has 1 aromatic rings. The Morgan fingerprint density at radius 3 is 2.94 bits per heavy atom. The van der Waals surface area contributed by atoms with E-state index < -0.39 is 0 Å². The number of nitrogens with two attached hydrogens (primary N) is 1. The minimum atomic E-state index is 0.00324. The minimum absolute atomic E-state index is 0.00324. The number of rotatable bonds is 5. The van der Waals surface area contributed by atoms with Crippen LogP contribution in [0.1, 0.15) is 11.6 Å². The molecule has 0 fully saturated rings. The molecule has 0 aliphatic rings. The van der Waals surface area contributed by atoms with Gasteiger partial charge in [-0.15, -0.1) is 6.42 Å². The zero-order valence-electron chi connectivity index (χ0n) is 9.16. The number of methoxy groups -OCH3 is 1. The quantitative estimate of drug-likeness (QED) is 0.808. The van der Waals surface area contributed by atoms with Crippen molar-refractivity contribution in [2.75, 3.05) is 20.2 Å². The van der Waals surface area contributed by atoms with Gasteiger partial charge in [0.25, 0.3) is 0 Å². The van der Waals surface area contributed by atoms with E-state index in [4.69, 9.17) is 16.9 Å². The first-order valence-electron chi connectivity index (χ1n) is 4.93. The van der Waals surface area contributed by atoms with Crippen molar-refractivity contribution < 1.29 is 4.74 Å². The topological polar surface area (TPSA) is 47.3 Å². The highest BCUT2D eigenvalue weighted by Crippen LogP contribution is 2.27. The van der Waals surface area contributed by atoms with Crippen LogP contribution < -0.4 is 15.8 Å². The van der Waals surface area contributed by atoms with E-state index in [1.54, 1.807) is 7.11 Å². The zero-order valence-corrected chi connectivity index (χ0v) is 10.8. The van der Waals surface area contributed by atoms with Crippen molar-refractivity contribution >= 4 is 15.9 Å². The van der Waals surface area contributed by atoms with Gasteiger partial charge in [0.2, 0.25) is 0 Å². The van der Waals surface area contributed by atoms with E-state index in [2.05, 4.69) is 27.2 Å². The summed E-state index contributed by atoms with van der Waals surface area (Å²) in [6, 6.07) is 5.82. The molecule has 1 aromatic carbocycles. The molecule has 0 aliphatic heterocycles.